The van der Waals surface area contributed by atoms with Crippen LogP contribution in [0.5, 0.6) is 0 Å². The van der Waals surface area contributed by atoms with Crippen molar-refractivity contribution in [2.45, 2.75) is 6.42 Å². The first-order chi connectivity index (χ1) is 9.83. The molecule has 20 heavy (non-hydrogen) atoms. The number of nitrogens with one attached hydrogen (secondary N) is 2. The number of fused-ring (bicyclic) bond motifs is 2. The Labute approximate surface area is 117 Å². The Morgan fingerprint density at radius 2 is 2.00 bits per heavy atom. The second kappa shape index (κ2) is 4.23. The lowest BCUT2D eigenvalue weighted by Gasteiger charge is -2.20. The molecule has 0 aromatic heterocycles. The highest BCUT2D eigenvalue weighted by atomic mass is 16.2. The first-order valence-electron chi connectivity index (χ1n) is 6.79. The summed E-state index contributed by atoms with van der Waals surface area (Å²) in [6.07, 6.45) is 11.0. The van der Waals surface area contributed by atoms with Gasteiger partial charge in [0, 0.05) is 28.6 Å². The van der Waals surface area contributed by atoms with E-state index in [9.17, 15) is 4.79 Å². The summed E-state index contributed by atoms with van der Waals surface area (Å²) in [7, 11) is 0. The number of hydrogen-bond acceptors (Lipinski definition) is 2. The van der Waals surface area contributed by atoms with Gasteiger partial charge in [-0.3, -0.25) is 4.79 Å². The Bertz CT molecular complexity index is 722. The molecule has 2 N–H and O–H groups in total. The van der Waals surface area contributed by atoms with E-state index in [-0.39, 0.29) is 11.8 Å². The lowest BCUT2D eigenvalue weighted by atomic mass is 9.90. The van der Waals surface area contributed by atoms with Gasteiger partial charge in [-0.05, 0) is 30.2 Å². The van der Waals surface area contributed by atoms with Gasteiger partial charge in [0.1, 0.15) is 0 Å². The summed E-state index contributed by atoms with van der Waals surface area (Å²) < 4.78 is 0. The monoisotopic (exact) mass is 262 g/mol. The van der Waals surface area contributed by atoms with Gasteiger partial charge < -0.3 is 10.6 Å². The molecule has 1 saturated heterocycles. The molecular weight excluding hydrogens is 248 g/mol. The number of anilines is 1. The first-order valence-corrected chi connectivity index (χ1v) is 6.79. The number of allylic oxidation sites excluding steroid dienone is 5. The Balaban J connectivity index is 1.79. The van der Waals surface area contributed by atoms with Crippen LogP contribution in [0, 0.1) is 5.92 Å². The maximum absolute atomic E-state index is 12.2. The number of carbonyl (C=O) groups is 1. The minimum Gasteiger partial charge on any atom is -0.355 e. The normalized spacial score (nSPS) is 26.5. The maximum atomic E-state index is 12.2. The van der Waals surface area contributed by atoms with Crippen molar-refractivity contribution in [1.29, 1.82) is 0 Å². The van der Waals surface area contributed by atoms with Gasteiger partial charge in [0.15, 0.2) is 0 Å². The molecule has 4 rings (SSSR count). The average Bonchev–Trinajstić information content (AvgIpc) is 2.82. The van der Waals surface area contributed by atoms with E-state index < -0.39 is 0 Å². The molecule has 1 amide bonds. The molecule has 1 unspecified atom stereocenters. The molecule has 0 bridgehead atoms. The SMILES string of the molecule is O=C1NC2=CC=CCC2C1=C1C=Cc2ccccc2N1. The average molecular weight is 262 g/mol. The number of benzene rings is 1. The van der Waals surface area contributed by atoms with Crippen molar-refractivity contribution in [3.63, 3.8) is 0 Å². The standard InChI is InChI=1S/C17H14N2O/c20-17-16(12-6-2-4-8-14(12)19-17)15-10-9-11-5-1-3-7-13(11)18-15/h1-5,7-10,12,18H,6H2,(H,19,20). The summed E-state index contributed by atoms with van der Waals surface area (Å²) >= 11 is 0. The van der Waals surface area contributed by atoms with E-state index in [1.807, 2.05) is 36.4 Å². The zero-order chi connectivity index (χ0) is 13.5. The van der Waals surface area contributed by atoms with Crippen molar-refractivity contribution >= 4 is 17.7 Å². The van der Waals surface area contributed by atoms with E-state index in [1.165, 1.54) is 0 Å². The van der Waals surface area contributed by atoms with Crippen LogP contribution in [0.3, 0.4) is 0 Å². The van der Waals surface area contributed by atoms with Crippen LogP contribution in [0.25, 0.3) is 6.08 Å². The van der Waals surface area contributed by atoms with Crippen LogP contribution >= 0.6 is 0 Å². The number of para-hydroxylation sites is 1. The molecule has 1 aromatic rings. The summed E-state index contributed by atoms with van der Waals surface area (Å²) in [5.74, 6) is 0.168. The molecule has 3 nitrogen and oxygen atoms in total. The van der Waals surface area contributed by atoms with Crippen molar-refractivity contribution in [3.8, 4) is 0 Å². The van der Waals surface area contributed by atoms with Crippen LogP contribution in [0.2, 0.25) is 0 Å². The Hall–Kier alpha value is -2.55. The molecule has 98 valence electrons. The van der Waals surface area contributed by atoms with E-state index in [1.54, 1.807) is 0 Å². The molecule has 3 aliphatic rings. The molecule has 2 aliphatic heterocycles. The summed E-state index contributed by atoms with van der Waals surface area (Å²) in [5, 5.41) is 6.35. The van der Waals surface area contributed by atoms with Crippen LogP contribution < -0.4 is 10.6 Å². The van der Waals surface area contributed by atoms with Crippen LogP contribution in [-0.4, -0.2) is 5.91 Å². The molecule has 0 saturated carbocycles. The smallest absolute Gasteiger partial charge is 0.254 e. The second-order valence-electron chi connectivity index (χ2n) is 5.17. The quantitative estimate of drug-likeness (QED) is 0.706. The van der Waals surface area contributed by atoms with Gasteiger partial charge in [-0.2, -0.15) is 0 Å². The number of rotatable bonds is 0. The van der Waals surface area contributed by atoms with E-state index >= 15 is 0 Å². The van der Waals surface area contributed by atoms with E-state index in [2.05, 4.69) is 28.9 Å². The van der Waals surface area contributed by atoms with Gasteiger partial charge >= 0.3 is 0 Å². The highest BCUT2D eigenvalue weighted by Gasteiger charge is 2.35. The van der Waals surface area contributed by atoms with Gasteiger partial charge in [-0.15, -0.1) is 0 Å². The molecule has 1 aliphatic carbocycles. The molecule has 1 atom stereocenters. The summed E-state index contributed by atoms with van der Waals surface area (Å²) in [4.78, 5) is 12.2. The number of carbonyl (C=O) groups excluding carboxylic acids is 1. The first kappa shape index (κ1) is 11.3. The van der Waals surface area contributed by atoms with Gasteiger partial charge in [0.25, 0.3) is 5.91 Å². The van der Waals surface area contributed by atoms with Gasteiger partial charge in [-0.25, -0.2) is 0 Å². The van der Waals surface area contributed by atoms with Crippen molar-refractivity contribution in [2.75, 3.05) is 5.32 Å². The zero-order valence-electron chi connectivity index (χ0n) is 10.9. The van der Waals surface area contributed by atoms with Gasteiger partial charge in [0.2, 0.25) is 0 Å². The number of hydrogen-bond donors (Lipinski definition) is 2. The summed E-state index contributed by atoms with van der Waals surface area (Å²) in [6.45, 7) is 0. The van der Waals surface area contributed by atoms with Crippen molar-refractivity contribution < 1.29 is 4.79 Å². The van der Waals surface area contributed by atoms with Crippen LogP contribution in [0.15, 0.2) is 65.5 Å². The fourth-order valence-electron chi connectivity index (χ4n) is 2.97. The maximum Gasteiger partial charge on any atom is 0.254 e. The molecule has 2 heterocycles. The van der Waals surface area contributed by atoms with Crippen LogP contribution in [0.4, 0.5) is 5.69 Å². The van der Waals surface area contributed by atoms with E-state index in [4.69, 9.17) is 0 Å². The molecule has 1 aromatic carbocycles. The molecular formula is C17H14N2O. The molecule has 0 spiro atoms. The van der Waals surface area contributed by atoms with Gasteiger partial charge in [-0.1, -0.05) is 36.4 Å². The Kier molecular flexibility index (Phi) is 2.39. The molecule has 1 fully saturated rings. The lowest BCUT2D eigenvalue weighted by Crippen LogP contribution is -2.16. The minimum absolute atomic E-state index is 0.0106. The third kappa shape index (κ3) is 1.63. The van der Waals surface area contributed by atoms with Crippen molar-refractivity contribution in [2.24, 2.45) is 5.92 Å². The van der Waals surface area contributed by atoms with Gasteiger partial charge in [0.05, 0.1) is 0 Å². The predicted octanol–water partition coefficient (Wildman–Crippen LogP) is 2.97. The van der Waals surface area contributed by atoms with E-state index in [0.29, 0.717) is 0 Å². The predicted molar refractivity (Wildman–Crippen MR) is 79.6 cm³/mol. The topological polar surface area (TPSA) is 41.1 Å². The Morgan fingerprint density at radius 3 is 2.95 bits per heavy atom. The molecule has 0 radical (unpaired) electrons. The fraction of sp³-hybridized carbons (Fsp3) is 0.118. The lowest BCUT2D eigenvalue weighted by molar-refractivity contribution is -0.116. The molecule has 3 heteroatoms. The van der Waals surface area contributed by atoms with Crippen LogP contribution in [0.1, 0.15) is 12.0 Å². The highest BCUT2D eigenvalue weighted by Crippen LogP contribution is 2.36. The highest BCUT2D eigenvalue weighted by molar-refractivity contribution is 6.01. The fourth-order valence-corrected chi connectivity index (χ4v) is 2.97. The van der Waals surface area contributed by atoms with Crippen molar-refractivity contribution in [3.05, 3.63) is 71.1 Å². The third-order valence-corrected chi connectivity index (χ3v) is 3.96. The van der Waals surface area contributed by atoms with E-state index in [0.717, 1.165) is 34.6 Å². The van der Waals surface area contributed by atoms with Crippen molar-refractivity contribution in [1.82, 2.24) is 5.32 Å². The summed E-state index contributed by atoms with van der Waals surface area (Å²) in [6, 6.07) is 8.10. The Morgan fingerprint density at radius 1 is 1.10 bits per heavy atom. The third-order valence-electron chi connectivity index (χ3n) is 3.96. The zero-order valence-corrected chi connectivity index (χ0v) is 10.9. The van der Waals surface area contributed by atoms with Crippen LogP contribution in [-0.2, 0) is 4.79 Å². The number of amides is 1. The minimum atomic E-state index is 0.0106. The second-order valence-corrected chi connectivity index (χ2v) is 5.17. The summed E-state index contributed by atoms with van der Waals surface area (Å²) in [5.41, 5.74) is 4.95. The largest absolute Gasteiger partial charge is 0.355 e.